The molecule has 3 rings (SSSR count). The summed E-state index contributed by atoms with van der Waals surface area (Å²) in [5, 5.41) is 11.5. The van der Waals surface area contributed by atoms with E-state index in [0.29, 0.717) is 6.42 Å². The van der Waals surface area contributed by atoms with Crippen molar-refractivity contribution < 1.29 is 5.11 Å². The Morgan fingerprint density at radius 1 is 1.29 bits per heavy atom. The predicted octanol–water partition coefficient (Wildman–Crippen LogP) is 2.94. The summed E-state index contributed by atoms with van der Waals surface area (Å²) >= 11 is 0. The minimum absolute atomic E-state index is 0.565. The molecule has 2 heterocycles. The van der Waals surface area contributed by atoms with Gasteiger partial charge in [0, 0.05) is 31.2 Å². The third-order valence-corrected chi connectivity index (χ3v) is 3.85. The molecule has 0 saturated carbocycles. The monoisotopic (exact) mass is 281 g/mol. The molecule has 0 amide bonds. The Kier molecular flexibility index (Phi) is 3.71. The largest absolute Gasteiger partial charge is 0.387 e. The van der Waals surface area contributed by atoms with Crippen molar-refractivity contribution in [1.82, 2.24) is 14.5 Å². The number of aliphatic hydroxyl groups excluding tert-OH is 1. The number of fused-ring (bicyclic) bond motifs is 1. The number of nitrogens with zero attached hydrogens (tertiary/aromatic N) is 3. The maximum atomic E-state index is 10.4. The van der Waals surface area contributed by atoms with Crippen LogP contribution in [0, 0.1) is 6.92 Å². The molecule has 0 aliphatic heterocycles. The minimum Gasteiger partial charge on any atom is -0.387 e. The lowest BCUT2D eigenvalue weighted by atomic mass is 10.0. The molecule has 0 fully saturated rings. The van der Waals surface area contributed by atoms with Gasteiger partial charge in [0.2, 0.25) is 0 Å². The fourth-order valence-electron chi connectivity index (χ4n) is 2.60. The molecule has 108 valence electrons. The van der Waals surface area contributed by atoms with Crippen LogP contribution in [0.2, 0.25) is 0 Å². The molecule has 1 unspecified atom stereocenters. The summed E-state index contributed by atoms with van der Waals surface area (Å²) in [6.45, 7) is 2.05. The molecular weight excluding hydrogens is 262 g/mol. The van der Waals surface area contributed by atoms with Gasteiger partial charge in [-0.2, -0.15) is 0 Å². The average Bonchev–Trinajstić information content (AvgIpc) is 2.90. The number of aryl methyl sites for hydroxylation is 3. The van der Waals surface area contributed by atoms with Crippen LogP contribution in [0.4, 0.5) is 0 Å². The van der Waals surface area contributed by atoms with E-state index in [1.165, 1.54) is 0 Å². The molecule has 4 nitrogen and oxygen atoms in total. The van der Waals surface area contributed by atoms with Crippen molar-refractivity contribution in [2.75, 3.05) is 0 Å². The van der Waals surface area contributed by atoms with Crippen molar-refractivity contribution in [3.63, 3.8) is 0 Å². The van der Waals surface area contributed by atoms with Gasteiger partial charge in [-0.05, 0) is 31.0 Å². The van der Waals surface area contributed by atoms with Crippen LogP contribution < -0.4 is 0 Å². The van der Waals surface area contributed by atoms with Gasteiger partial charge in [-0.15, -0.1) is 0 Å². The van der Waals surface area contributed by atoms with Crippen LogP contribution >= 0.6 is 0 Å². The maximum absolute atomic E-state index is 10.4. The standard InChI is InChI=1S/C17H19N3O/c1-12-11-15(19-14-6-4-3-5-13(12)14)16(21)7-8-17-18-9-10-20(17)2/h3-6,9-11,16,21H,7-8H2,1-2H3. The fourth-order valence-corrected chi connectivity index (χ4v) is 2.60. The normalized spacial score (nSPS) is 12.7. The summed E-state index contributed by atoms with van der Waals surface area (Å²) < 4.78 is 1.98. The second-order valence-corrected chi connectivity index (χ2v) is 5.39. The first-order valence-corrected chi connectivity index (χ1v) is 7.15. The third kappa shape index (κ3) is 2.81. The molecule has 21 heavy (non-hydrogen) atoms. The molecule has 3 aromatic rings. The Morgan fingerprint density at radius 3 is 2.86 bits per heavy atom. The molecule has 0 bridgehead atoms. The van der Waals surface area contributed by atoms with E-state index >= 15 is 0 Å². The van der Waals surface area contributed by atoms with E-state index in [2.05, 4.69) is 23.0 Å². The quantitative estimate of drug-likeness (QED) is 0.800. The summed E-state index contributed by atoms with van der Waals surface area (Å²) in [5.41, 5.74) is 2.82. The van der Waals surface area contributed by atoms with Crippen molar-refractivity contribution >= 4 is 10.9 Å². The first kappa shape index (κ1) is 13.8. The highest BCUT2D eigenvalue weighted by atomic mass is 16.3. The van der Waals surface area contributed by atoms with Crippen molar-refractivity contribution in [2.24, 2.45) is 7.05 Å². The number of hydrogen-bond acceptors (Lipinski definition) is 3. The van der Waals surface area contributed by atoms with Crippen LogP contribution in [-0.2, 0) is 13.5 Å². The second kappa shape index (κ2) is 5.66. The van der Waals surface area contributed by atoms with E-state index < -0.39 is 6.10 Å². The highest BCUT2D eigenvalue weighted by Crippen LogP contribution is 2.23. The molecule has 0 aliphatic rings. The lowest BCUT2D eigenvalue weighted by Crippen LogP contribution is -2.06. The highest BCUT2D eigenvalue weighted by Gasteiger charge is 2.13. The molecule has 1 atom stereocenters. The second-order valence-electron chi connectivity index (χ2n) is 5.39. The van der Waals surface area contributed by atoms with E-state index in [-0.39, 0.29) is 0 Å². The summed E-state index contributed by atoms with van der Waals surface area (Å²) in [6.07, 6.45) is 4.48. The lowest BCUT2D eigenvalue weighted by molar-refractivity contribution is 0.162. The van der Waals surface area contributed by atoms with Gasteiger partial charge < -0.3 is 9.67 Å². The van der Waals surface area contributed by atoms with Gasteiger partial charge in [0.15, 0.2) is 0 Å². The van der Waals surface area contributed by atoms with Crippen LogP contribution in [0.5, 0.6) is 0 Å². The number of rotatable bonds is 4. The third-order valence-electron chi connectivity index (χ3n) is 3.85. The van der Waals surface area contributed by atoms with Gasteiger partial charge in [0.25, 0.3) is 0 Å². The van der Waals surface area contributed by atoms with Crippen molar-refractivity contribution in [3.8, 4) is 0 Å². The Balaban J connectivity index is 1.81. The molecule has 1 aromatic carbocycles. The first-order valence-electron chi connectivity index (χ1n) is 7.15. The molecule has 1 N–H and O–H groups in total. The number of aromatic nitrogens is 3. The van der Waals surface area contributed by atoms with Crippen LogP contribution in [0.1, 0.15) is 29.6 Å². The predicted molar refractivity (Wildman–Crippen MR) is 83.0 cm³/mol. The van der Waals surface area contributed by atoms with E-state index in [1.54, 1.807) is 6.20 Å². The summed E-state index contributed by atoms with van der Waals surface area (Å²) in [4.78, 5) is 8.86. The first-order chi connectivity index (χ1) is 10.1. The van der Waals surface area contributed by atoms with E-state index in [0.717, 1.165) is 34.4 Å². The zero-order valence-corrected chi connectivity index (χ0v) is 12.3. The summed E-state index contributed by atoms with van der Waals surface area (Å²) in [7, 11) is 1.97. The van der Waals surface area contributed by atoms with Gasteiger partial charge in [0.1, 0.15) is 5.82 Å². The number of pyridine rings is 1. The lowest BCUT2D eigenvalue weighted by Gasteiger charge is -2.12. The zero-order valence-electron chi connectivity index (χ0n) is 12.3. The van der Waals surface area contributed by atoms with Gasteiger partial charge >= 0.3 is 0 Å². The van der Waals surface area contributed by atoms with E-state index in [1.807, 2.05) is 42.1 Å². The average molecular weight is 281 g/mol. The fraction of sp³-hybridized carbons (Fsp3) is 0.294. The van der Waals surface area contributed by atoms with Gasteiger partial charge in [-0.1, -0.05) is 18.2 Å². The van der Waals surface area contributed by atoms with Crippen molar-refractivity contribution in [1.29, 1.82) is 0 Å². The molecule has 0 aliphatic carbocycles. The number of benzene rings is 1. The molecule has 4 heteroatoms. The van der Waals surface area contributed by atoms with Gasteiger partial charge in [-0.25, -0.2) is 4.98 Å². The van der Waals surface area contributed by atoms with Crippen LogP contribution in [-0.4, -0.2) is 19.6 Å². The number of imidazole rings is 1. The molecule has 0 spiro atoms. The topological polar surface area (TPSA) is 50.9 Å². The van der Waals surface area contributed by atoms with Crippen LogP contribution in [0.15, 0.2) is 42.7 Å². The van der Waals surface area contributed by atoms with E-state index in [9.17, 15) is 5.11 Å². The number of hydrogen-bond donors (Lipinski definition) is 1. The van der Waals surface area contributed by atoms with Gasteiger partial charge in [-0.3, -0.25) is 4.98 Å². The Morgan fingerprint density at radius 2 is 2.10 bits per heavy atom. The number of aliphatic hydroxyl groups is 1. The van der Waals surface area contributed by atoms with E-state index in [4.69, 9.17) is 0 Å². The van der Waals surface area contributed by atoms with Gasteiger partial charge in [0.05, 0.1) is 17.3 Å². The zero-order chi connectivity index (χ0) is 14.8. The maximum Gasteiger partial charge on any atom is 0.108 e. The molecule has 2 aromatic heterocycles. The number of para-hydroxylation sites is 1. The Labute approximate surface area is 124 Å². The van der Waals surface area contributed by atoms with Crippen LogP contribution in [0.3, 0.4) is 0 Å². The Hall–Kier alpha value is -2.20. The molecule has 0 saturated heterocycles. The highest BCUT2D eigenvalue weighted by molar-refractivity contribution is 5.82. The minimum atomic E-state index is -0.565. The van der Waals surface area contributed by atoms with Crippen LogP contribution in [0.25, 0.3) is 10.9 Å². The summed E-state index contributed by atoms with van der Waals surface area (Å²) in [6, 6.07) is 10.00. The van der Waals surface area contributed by atoms with Crippen molar-refractivity contribution in [2.45, 2.75) is 25.9 Å². The SMILES string of the molecule is Cc1cc(C(O)CCc2nccn2C)nc2ccccc12. The molecular formula is C17H19N3O. The summed E-state index contributed by atoms with van der Waals surface area (Å²) in [5.74, 6) is 0.978. The van der Waals surface area contributed by atoms with Crippen molar-refractivity contribution in [3.05, 3.63) is 59.8 Å². The Bertz CT molecular complexity index is 764. The molecule has 0 radical (unpaired) electrons. The smallest absolute Gasteiger partial charge is 0.108 e.